The summed E-state index contributed by atoms with van der Waals surface area (Å²) < 4.78 is 13.9. The summed E-state index contributed by atoms with van der Waals surface area (Å²) in [5.41, 5.74) is -0.396. The van der Waals surface area contributed by atoms with Gasteiger partial charge in [0.1, 0.15) is 5.82 Å². The molecule has 1 heterocycles. The fraction of sp³-hybridized carbons (Fsp3) is 0.500. The van der Waals surface area contributed by atoms with Crippen molar-refractivity contribution in [1.29, 1.82) is 0 Å². The molecule has 1 aromatic rings. The molecule has 1 aliphatic rings. The maximum Gasteiger partial charge on any atom is 0.231 e. The summed E-state index contributed by atoms with van der Waals surface area (Å²) >= 11 is 0. The molecule has 2 N–H and O–H groups in total. The minimum Gasteiger partial charge on any atom is -0.355 e. The Kier molecular flexibility index (Phi) is 3.97. The lowest BCUT2D eigenvalue weighted by Gasteiger charge is -2.28. The Morgan fingerprint density at radius 3 is 2.72 bits per heavy atom. The van der Waals surface area contributed by atoms with Crippen molar-refractivity contribution >= 4 is 5.91 Å². The maximum absolute atomic E-state index is 13.9. The first-order valence-corrected chi connectivity index (χ1v) is 6.38. The van der Waals surface area contributed by atoms with E-state index in [0.29, 0.717) is 18.7 Å². The van der Waals surface area contributed by atoms with Crippen molar-refractivity contribution < 1.29 is 9.18 Å². The van der Waals surface area contributed by atoms with Crippen LogP contribution in [-0.2, 0) is 10.2 Å². The standard InChI is InChI=1S/C14H19FN2O/c1-14(11-6-2-3-7-12(11)15)10-16-8-4-5-9-17-13(14)18/h2-3,6-7,16H,4-5,8-10H2,1H3,(H,17,18). The van der Waals surface area contributed by atoms with Gasteiger partial charge in [-0.2, -0.15) is 0 Å². The molecule has 1 aliphatic heterocycles. The second-order valence-corrected chi connectivity index (χ2v) is 4.95. The number of hydrogen-bond acceptors (Lipinski definition) is 2. The molecule has 0 spiro atoms. The fourth-order valence-electron chi connectivity index (χ4n) is 2.32. The SMILES string of the molecule is CC1(c2ccccc2F)CNCCCCNC1=O. The van der Waals surface area contributed by atoms with Crippen LogP contribution < -0.4 is 10.6 Å². The van der Waals surface area contributed by atoms with E-state index >= 15 is 0 Å². The third-order valence-electron chi connectivity index (χ3n) is 3.51. The summed E-state index contributed by atoms with van der Waals surface area (Å²) in [7, 11) is 0. The van der Waals surface area contributed by atoms with Gasteiger partial charge < -0.3 is 10.6 Å². The van der Waals surface area contributed by atoms with Crippen molar-refractivity contribution in [2.24, 2.45) is 0 Å². The number of amides is 1. The van der Waals surface area contributed by atoms with Gasteiger partial charge in [-0.15, -0.1) is 0 Å². The van der Waals surface area contributed by atoms with E-state index in [1.165, 1.54) is 6.07 Å². The van der Waals surface area contributed by atoms with E-state index in [9.17, 15) is 9.18 Å². The number of nitrogens with one attached hydrogen (secondary N) is 2. The number of rotatable bonds is 1. The van der Waals surface area contributed by atoms with Crippen LogP contribution in [0.2, 0.25) is 0 Å². The van der Waals surface area contributed by atoms with Crippen LogP contribution >= 0.6 is 0 Å². The Hall–Kier alpha value is -1.42. The number of carbonyl (C=O) groups is 1. The zero-order valence-corrected chi connectivity index (χ0v) is 10.6. The molecule has 1 fully saturated rings. The first kappa shape index (κ1) is 13.0. The van der Waals surface area contributed by atoms with Crippen molar-refractivity contribution in [3.05, 3.63) is 35.6 Å². The number of halogens is 1. The average molecular weight is 250 g/mol. The normalized spacial score (nSPS) is 25.8. The molecular weight excluding hydrogens is 231 g/mol. The van der Waals surface area contributed by atoms with Crippen LogP contribution in [0.25, 0.3) is 0 Å². The highest BCUT2D eigenvalue weighted by molar-refractivity contribution is 5.88. The largest absolute Gasteiger partial charge is 0.355 e. The van der Waals surface area contributed by atoms with E-state index in [1.54, 1.807) is 25.1 Å². The lowest BCUT2D eigenvalue weighted by atomic mass is 9.81. The Balaban J connectivity index is 2.35. The van der Waals surface area contributed by atoms with Crippen molar-refractivity contribution in [1.82, 2.24) is 10.6 Å². The lowest BCUT2D eigenvalue weighted by Crippen LogP contribution is -2.48. The number of benzene rings is 1. The van der Waals surface area contributed by atoms with Gasteiger partial charge in [-0.25, -0.2) is 4.39 Å². The molecule has 1 unspecified atom stereocenters. The molecule has 0 saturated carbocycles. The van der Waals surface area contributed by atoms with E-state index in [-0.39, 0.29) is 11.7 Å². The number of carbonyl (C=O) groups excluding carboxylic acids is 1. The first-order valence-electron chi connectivity index (χ1n) is 6.38. The van der Waals surface area contributed by atoms with Crippen LogP contribution in [-0.4, -0.2) is 25.5 Å². The second-order valence-electron chi connectivity index (χ2n) is 4.95. The summed E-state index contributed by atoms with van der Waals surface area (Å²) in [6, 6.07) is 6.50. The van der Waals surface area contributed by atoms with Gasteiger partial charge >= 0.3 is 0 Å². The van der Waals surface area contributed by atoms with E-state index in [2.05, 4.69) is 10.6 Å². The Morgan fingerprint density at radius 2 is 1.94 bits per heavy atom. The van der Waals surface area contributed by atoms with Gasteiger partial charge in [-0.1, -0.05) is 18.2 Å². The van der Waals surface area contributed by atoms with Crippen molar-refractivity contribution in [2.75, 3.05) is 19.6 Å². The molecule has 0 aliphatic carbocycles. The van der Waals surface area contributed by atoms with Crippen LogP contribution in [0, 0.1) is 5.82 Å². The highest BCUT2D eigenvalue weighted by Crippen LogP contribution is 2.26. The summed E-state index contributed by atoms with van der Waals surface area (Å²) in [5.74, 6) is -0.432. The van der Waals surface area contributed by atoms with Gasteiger partial charge in [-0.05, 0) is 32.4 Å². The predicted octanol–water partition coefficient (Wildman–Crippen LogP) is 1.58. The highest BCUT2D eigenvalue weighted by atomic mass is 19.1. The second kappa shape index (κ2) is 5.48. The average Bonchev–Trinajstić information content (AvgIpc) is 2.44. The molecule has 18 heavy (non-hydrogen) atoms. The van der Waals surface area contributed by atoms with E-state index < -0.39 is 5.41 Å². The van der Waals surface area contributed by atoms with Crippen LogP contribution in [0.3, 0.4) is 0 Å². The molecule has 3 nitrogen and oxygen atoms in total. The summed E-state index contributed by atoms with van der Waals surface area (Å²) in [6.45, 7) is 3.77. The van der Waals surface area contributed by atoms with Gasteiger partial charge in [0.25, 0.3) is 0 Å². The van der Waals surface area contributed by atoms with E-state index in [4.69, 9.17) is 0 Å². The lowest BCUT2D eigenvalue weighted by molar-refractivity contribution is -0.126. The monoisotopic (exact) mass is 250 g/mol. The quantitative estimate of drug-likeness (QED) is 0.794. The molecule has 1 aromatic carbocycles. The van der Waals surface area contributed by atoms with Crippen LogP contribution in [0.1, 0.15) is 25.3 Å². The zero-order chi connectivity index (χ0) is 13.0. The van der Waals surface area contributed by atoms with Gasteiger partial charge in [-0.3, -0.25) is 4.79 Å². The fourth-order valence-corrected chi connectivity index (χ4v) is 2.32. The van der Waals surface area contributed by atoms with E-state index in [0.717, 1.165) is 19.4 Å². The van der Waals surface area contributed by atoms with Gasteiger partial charge in [0.15, 0.2) is 0 Å². The Labute approximate surface area is 107 Å². The molecule has 1 amide bonds. The van der Waals surface area contributed by atoms with Gasteiger partial charge in [0, 0.05) is 18.7 Å². The molecule has 4 heteroatoms. The molecule has 2 rings (SSSR count). The summed E-state index contributed by atoms with van der Waals surface area (Å²) in [5, 5.41) is 6.14. The summed E-state index contributed by atoms with van der Waals surface area (Å²) in [4.78, 5) is 12.3. The number of hydrogen-bond donors (Lipinski definition) is 2. The molecule has 0 aromatic heterocycles. The van der Waals surface area contributed by atoms with Crippen molar-refractivity contribution in [2.45, 2.75) is 25.2 Å². The molecular formula is C14H19FN2O. The van der Waals surface area contributed by atoms with Gasteiger partial charge in [0.05, 0.1) is 5.41 Å². The third-order valence-corrected chi connectivity index (χ3v) is 3.51. The summed E-state index contributed by atoms with van der Waals surface area (Å²) in [6.07, 6.45) is 1.97. The van der Waals surface area contributed by atoms with E-state index in [1.807, 2.05) is 0 Å². The van der Waals surface area contributed by atoms with Crippen LogP contribution in [0.5, 0.6) is 0 Å². The smallest absolute Gasteiger partial charge is 0.231 e. The van der Waals surface area contributed by atoms with Crippen LogP contribution in [0.4, 0.5) is 4.39 Å². The van der Waals surface area contributed by atoms with Crippen molar-refractivity contribution in [3.63, 3.8) is 0 Å². The minimum atomic E-state index is -0.852. The maximum atomic E-state index is 13.9. The minimum absolute atomic E-state index is 0.109. The molecule has 1 atom stereocenters. The highest BCUT2D eigenvalue weighted by Gasteiger charge is 2.37. The Morgan fingerprint density at radius 1 is 1.22 bits per heavy atom. The van der Waals surface area contributed by atoms with Gasteiger partial charge in [0.2, 0.25) is 5.91 Å². The molecule has 98 valence electrons. The van der Waals surface area contributed by atoms with Crippen LogP contribution in [0.15, 0.2) is 24.3 Å². The molecule has 1 saturated heterocycles. The topological polar surface area (TPSA) is 41.1 Å². The third kappa shape index (κ3) is 2.53. The molecule has 0 radical (unpaired) electrons. The van der Waals surface area contributed by atoms with Crippen molar-refractivity contribution in [3.8, 4) is 0 Å². The molecule has 0 bridgehead atoms. The zero-order valence-electron chi connectivity index (χ0n) is 10.6. The predicted molar refractivity (Wildman–Crippen MR) is 68.9 cm³/mol. The first-order chi connectivity index (χ1) is 8.64. The Bertz CT molecular complexity index is 436.